The van der Waals surface area contributed by atoms with Crippen molar-refractivity contribution in [2.75, 3.05) is 0 Å². The molecule has 0 aromatic heterocycles. The van der Waals surface area contributed by atoms with Crippen LogP contribution in [0.1, 0.15) is 44.6 Å². The van der Waals surface area contributed by atoms with Gasteiger partial charge in [-0.3, -0.25) is 0 Å². The Morgan fingerprint density at radius 2 is 1.67 bits per heavy atom. The maximum atomic E-state index is 12.7. The second kappa shape index (κ2) is 10.4. The molecule has 130 valence electrons. The van der Waals surface area contributed by atoms with Crippen molar-refractivity contribution >= 4 is 18.3 Å². The molecule has 24 heavy (non-hydrogen) atoms. The van der Waals surface area contributed by atoms with E-state index in [2.05, 4.69) is 26.0 Å². The van der Waals surface area contributed by atoms with Gasteiger partial charge in [0.05, 0.1) is 0 Å². The third kappa shape index (κ3) is 6.59. The molecule has 2 rings (SSSR count). The average molecular weight is 391 g/mol. The van der Waals surface area contributed by atoms with Crippen LogP contribution in [0, 0.1) is 6.92 Å². The summed E-state index contributed by atoms with van der Waals surface area (Å²) in [7, 11) is 0. The summed E-state index contributed by atoms with van der Waals surface area (Å²) in [5, 5.41) is 0.643. The van der Waals surface area contributed by atoms with E-state index in [1.807, 2.05) is 42.5 Å². The van der Waals surface area contributed by atoms with Crippen LogP contribution < -0.4 is 9.20 Å². The predicted octanol–water partition coefficient (Wildman–Crippen LogP) is 5.04. The van der Waals surface area contributed by atoms with E-state index in [0.29, 0.717) is 5.32 Å². The van der Waals surface area contributed by atoms with E-state index in [4.69, 9.17) is 4.74 Å². The van der Waals surface area contributed by atoms with Crippen LogP contribution in [0.3, 0.4) is 0 Å². The number of aryl methyl sites for hydroxylation is 1. The second-order valence-electron chi connectivity index (χ2n) is 6.23. The zero-order valence-electron chi connectivity index (χ0n) is 14.7. The molecular formula is C21H28O2Se. The molecule has 0 radical (unpaired) electrons. The van der Waals surface area contributed by atoms with Gasteiger partial charge in [-0.2, -0.15) is 0 Å². The van der Waals surface area contributed by atoms with Crippen molar-refractivity contribution in [2.24, 2.45) is 0 Å². The van der Waals surface area contributed by atoms with E-state index in [1.165, 1.54) is 24.8 Å². The van der Waals surface area contributed by atoms with Gasteiger partial charge in [0.15, 0.2) is 0 Å². The molecule has 2 aromatic rings. The Balaban J connectivity index is 1.98. The Labute approximate surface area is 150 Å². The first kappa shape index (κ1) is 18.9. The molecule has 0 spiro atoms. The van der Waals surface area contributed by atoms with Crippen molar-refractivity contribution in [3.05, 3.63) is 60.2 Å². The Kier molecular flexibility index (Phi) is 8.21. The zero-order valence-corrected chi connectivity index (χ0v) is 16.5. The van der Waals surface area contributed by atoms with Crippen LogP contribution in [0.25, 0.3) is 0 Å². The standard InChI is InChI=1S/C21H28O2Se/c1-3-4-5-7-10-20(23-19-15-13-18(2)14-16-19)17-24(22)21-11-8-6-9-12-21/h6,8-9,11-16,20H,3-5,7,10,17H2,1-2H3. The molecule has 0 aliphatic heterocycles. The quantitative estimate of drug-likeness (QED) is 0.419. The Bertz CT molecular complexity index is 607. The first-order valence-corrected chi connectivity index (χ1v) is 11.6. The fourth-order valence-corrected chi connectivity index (χ4v) is 5.19. The molecule has 0 fully saturated rings. The maximum absolute atomic E-state index is 12.7. The van der Waals surface area contributed by atoms with Gasteiger partial charge in [0.2, 0.25) is 0 Å². The molecule has 2 nitrogen and oxygen atoms in total. The average Bonchev–Trinajstić information content (AvgIpc) is 2.61. The molecule has 0 saturated carbocycles. The molecule has 2 unspecified atom stereocenters. The number of rotatable bonds is 10. The van der Waals surface area contributed by atoms with Crippen LogP contribution in [0.15, 0.2) is 54.6 Å². The Morgan fingerprint density at radius 1 is 0.958 bits per heavy atom. The van der Waals surface area contributed by atoms with Crippen LogP contribution in [-0.2, 0) is 3.83 Å². The van der Waals surface area contributed by atoms with E-state index in [9.17, 15) is 3.83 Å². The van der Waals surface area contributed by atoms with Crippen LogP contribution in [0.2, 0.25) is 5.32 Å². The molecule has 0 bridgehead atoms. The monoisotopic (exact) mass is 392 g/mol. The Morgan fingerprint density at radius 3 is 2.33 bits per heavy atom. The summed E-state index contributed by atoms with van der Waals surface area (Å²) in [5.74, 6) is 0.882. The topological polar surface area (TPSA) is 26.3 Å². The van der Waals surface area contributed by atoms with Crippen molar-refractivity contribution in [1.29, 1.82) is 0 Å². The summed E-state index contributed by atoms with van der Waals surface area (Å²) in [6.07, 6.45) is 5.85. The van der Waals surface area contributed by atoms with Gasteiger partial charge in [0.1, 0.15) is 0 Å². The minimum absolute atomic E-state index is 0.0345. The van der Waals surface area contributed by atoms with Crippen molar-refractivity contribution in [2.45, 2.75) is 57.4 Å². The molecule has 0 aliphatic rings. The van der Waals surface area contributed by atoms with Gasteiger partial charge >= 0.3 is 150 Å². The summed E-state index contributed by atoms with van der Waals surface area (Å²) in [4.78, 5) is 0. The number of ether oxygens (including phenoxy) is 1. The third-order valence-corrected chi connectivity index (χ3v) is 7.14. The van der Waals surface area contributed by atoms with Gasteiger partial charge in [0.25, 0.3) is 0 Å². The summed E-state index contributed by atoms with van der Waals surface area (Å²) in [6.45, 7) is 4.29. The van der Waals surface area contributed by atoms with Crippen LogP contribution in [0.5, 0.6) is 5.75 Å². The second-order valence-corrected chi connectivity index (χ2v) is 9.37. The van der Waals surface area contributed by atoms with Gasteiger partial charge in [0, 0.05) is 0 Å². The summed E-state index contributed by atoms with van der Waals surface area (Å²) in [5.41, 5.74) is 1.22. The molecule has 0 N–H and O–H groups in total. The molecule has 0 heterocycles. The fraction of sp³-hybridized carbons (Fsp3) is 0.429. The fourth-order valence-electron chi connectivity index (χ4n) is 2.62. The predicted molar refractivity (Wildman–Crippen MR) is 102 cm³/mol. The van der Waals surface area contributed by atoms with Crippen molar-refractivity contribution in [3.63, 3.8) is 0 Å². The van der Waals surface area contributed by atoms with Gasteiger partial charge in [-0.25, -0.2) is 0 Å². The normalized spacial score (nSPS) is 13.4. The first-order chi connectivity index (χ1) is 11.7. The summed E-state index contributed by atoms with van der Waals surface area (Å²) in [6, 6.07) is 18.0. The van der Waals surface area contributed by atoms with E-state index in [-0.39, 0.29) is 6.10 Å². The summed E-state index contributed by atoms with van der Waals surface area (Å²) >= 11 is -2.06. The first-order valence-electron chi connectivity index (χ1n) is 8.85. The van der Waals surface area contributed by atoms with Crippen LogP contribution in [0.4, 0.5) is 0 Å². The summed E-state index contributed by atoms with van der Waals surface area (Å²) < 4.78 is 19.9. The van der Waals surface area contributed by atoms with Crippen LogP contribution >= 0.6 is 0 Å². The van der Waals surface area contributed by atoms with Gasteiger partial charge < -0.3 is 0 Å². The number of unbranched alkanes of at least 4 members (excludes halogenated alkanes) is 3. The third-order valence-electron chi connectivity index (χ3n) is 4.05. The van der Waals surface area contributed by atoms with Gasteiger partial charge in [-0.1, -0.05) is 0 Å². The van der Waals surface area contributed by atoms with E-state index < -0.39 is 13.8 Å². The number of hydrogen-bond acceptors (Lipinski definition) is 2. The van der Waals surface area contributed by atoms with Gasteiger partial charge in [-0.05, 0) is 0 Å². The number of benzene rings is 2. The molecule has 0 aliphatic carbocycles. The SMILES string of the molecule is CCCCCCC(C[Se](=O)c1ccccc1)Oc1ccc(C)cc1. The minimum atomic E-state index is -2.06. The molecule has 0 saturated heterocycles. The molecule has 2 atom stereocenters. The Hall–Kier alpha value is -1.44. The molecule has 0 amide bonds. The van der Waals surface area contributed by atoms with Crippen molar-refractivity contribution in [1.82, 2.24) is 0 Å². The number of hydrogen-bond donors (Lipinski definition) is 0. The van der Waals surface area contributed by atoms with Crippen molar-refractivity contribution in [3.8, 4) is 5.75 Å². The van der Waals surface area contributed by atoms with E-state index in [0.717, 1.165) is 23.1 Å². The van der Waals surface area contributed by atoms with Crippen LogP contribution in [-0.4, -0.2) is 19.9 Å². The molecule has 3 heteroatoms. The van der Waals surface area contributed by atoms with E-state index >= 15 is 0 Å². The molecular weight excluding hydrogens is 363 g/mol. The van der Waals surface area contributed by atoms with E-state index in [1.54, 1.807) is 0 Å². The zero-order chi connectivity index (χ0) is 17.2. The van der Waals surface area contributed by atoms with Crippen molar-refractivity contribution < 1.29 is 8.57 Å². The molecule has 2 aromatic carbocycles. The van der Waals surface area contributed by atoms with Gasteiger partial charge in [-0.15, -0.1) is 0 Å².